The third-order valence-electron chi connectivity index (χ3n) is 6.36. The van der Waals surface area contributed by atoms with Gasteiger partial charge in [-0.2, -0.15) is 0 Å². The number of hydrogen-bond donors (Lipinski definition) is 0. The van der Waals surface area contributed by atoms with E-state index >= 15 is 0 Å². The lowest BCUT2D eigenvalue weighted by molar-refractivity contribution is -0.115. The lowest BCUT2D eigenvalue weighted by atomic mass is 9.86. The molecule has 1 amide bonds. The maximum Gasteiger partial charge on any atom is 0.300 e. The number of rotatable bonds is 3. The van der Waals surface area contributed by atoms with Gasteiger partial charge in [-0.3, -0.25) is 19.4 Å². The molecule has 27 heavy (non-hydrogen) atoms. The molecule has 1 aromatic carbocycles. The lowest BCUT2D eigenvalue weighted by Crippen LogP contribution is -2.49. The number of piperidine rings is 1. The molecule has 0 aliphatic carbocycles. The minimum atomic E-state index is -0.531. The molecule has 5 nitrogen and oxygen atoms in total. The van der Waals surface area contributed by atoms with Gasteiger partial charge in [0.15, 0.2) is 0 Å². The van der Waals surface area contributed by atoms with Crippen LogP contribution >= 0.6 is 0 Å². The second-order valence-corrected chi connectivity index (χ2v) is 8.67. The van der Waals surface area contributed by atoms with Gasteiger partial charge in [0.1, 0.15) is 5.75 Å². The molecule has 144 valence electrons. The zero-order valence-corrected chi connectivity index (χ0v) is 16.8. The minimum Gasteiger partial charge on any atom is -0.497 e. The first-order valence-electron chi connectivity index (χ1n) is 9.83. The van der Waals surface area contributed by atoms with Crippen LogP contribution in [-0.4, -0.2) is 47.9 Å². The van der Waals surface area contributed by atoms with Crippen molar-refractivity contribution in [1.82, 2.24) is 4.90 Å². The number of Topliss-reactive ketones (excluding diaryl/α,β-unsaturated/α-hetero) is 1. The minimum absolute atomic E-state index is 0.437. The van der Waals surface area contributed by atoms with Crippen LogP contribution in [0.1, 0.15) is 62.9 Å². The predicted octanol–water partition coefficient (Wildman–Crippen LogP) is 3.66. The van der Waals surface area contributed by atoms with Crippen molar-refractivity contribution < 1.29 is 14.3 Å². The van der Waals surface area contributed by atoms with Crippen LogP contribution in [0.15, 0.2) is 18.2 Å². The zero-order chi connectivity index (χ0) is 19.5. The van der Waals surface area contributed by atoms with Gasteiger partial charge in [0.25, 0.3) is 11.7 Å². The van der Waals surface area contributed by atoms with E-state index in [2.05, 4.69) is 24.8 Å². The van der Waals surface area contributed by atoms with E-state index in [4.69, 9.17) is 4.74 Å². The first kappa shape index (κ1) is 18.2. The van der Waals surface area contributed by atoms with Gasteiger partial charge in [0.05, 0.1) is 23.9 Å². The van der Waals surface area contributed by atoms with Crippen LogP contribution in [0.4, 0.5) is 5.69 Å². The van der Waals surface area contributed by atoms with Gasteiger partial charge in [-0.05, 0) is 58.2 Å². The van der Waals surface area contributed by atoms with E-state index < -0.39 is 17.2 Å². The third-order valence-corrected chi connectivity index (χ3v) is 6.36. The topological polar surface area (TPSA) is 49.9 Å². The van der Waals surface area contributed by atoms with Crippen molar-refractivity contribution in [1.29, 1.82) is 0 Å². The average molecular weight is 368 g/mol. The summed E-state index contributed by atoms with van der Waals surface area (Å²) in [7, 11) is 1.60. The maximum absolute atomic E-state index is 12.7. The third kappa shape index (κ3) is 2.71. The Kier molecular flexibility index (Phi) is 4.18. The summed E-state index contributed by atoms with van der Waals surface area (Å²) < 4.78 is 5.43. The van der Waals surface area contributed by atoms with Gasteiger partial charge in [0, 0.05) is 24.2 Å². The van der Waals surface area contributed by atoms with Crippen LogP contribution in [0, 0.1) is 0 Å². The van der Waals surface area contributed by atoms with E-state index in [9.17, 15) is 9.59 Å². The summed E-state index contributed by atoms with van der Waals surface area (Å²) in [6.45, 7) is 9.41. The summed E-state index contributed by atoms with van der Waals surface area (Å²) in [5, 5.41) is 0. The standard InChI is InChI=1S/C22H28N2O3/c1-13-7-6-8-14(2)23(13)12-15-11-22(3,4)24-19-17(15)9-16(27-5)10-18(19)20(25)21(24)26/h9-11,13-14H,6-8,12H2,1-5H3/t13-,14-/m0/s1. The lowest BCUT2D eigenvalue weighted by Gasteiger charge is -2.43. The van der Waals surface area contributed by atoms with Crippen molar-refractivity contribution in [2.45, 2.75) is 64.6 Å². The highest BCUT2D eigenvalue weighted by molar-refractivity contribution is 6.53. The van der Waals surface area contributed by atoms with Crippen LogP contribution in [0.3, 0.4) is 0 Å². The monoisotopic (exact) mass is 368 g/mol. The molecule has 1 aromatic rings. The number of ketones is 1. The Morgan fingerprint density at radius 2 is 1.74 bits per heavy atom. The van der Waals surface area contributed by atoms with Crippen LogP contribution in [0.2, 0.25) is 0 Å². The highest BCUT2D eigenvalue weighted by Crippen LogP contribution is 2.47. The van der Waals surface area contributed by atoms with E-state index in [1.165, 1.54) is 24.8 Å². The molecule has 0 aromatic heterocycles. The van der Waals surface area contributed by atoms with Crippen molar-refractivity contribution in [3.63, 3.8) is 0 Å². The Hall–Kier alpha value is -2.14. The zero-order valence-electron chi connectivity index (χ0n) is 16.8. The number of hydrogen-bond acceptors (Lipinski definition) is 4. The molecule has 3 aliphatic rings. The molecular weight excluding hydrogens is 340 g/mol. The van der Waals surface area contributed by atoms with Gasteiger partial charge in [-0.15, -0.1) is 0 Å². The Morgan fingerprint density at radius 3 is 2.37 bits per heavy atom. The van der Waals surface area contributed by atoms with E-state index in [1.54, 1.807) is 18.1 Å². The number of ether oxygens (including phenoxy) is 1. The average Bonchev–Trinajstić information content (AvgIpc) is 2.88. The summed E-state index contributed by atoms with van der Waals surface area (Å²) >= 11 is 0. The number of benzene rings is 1. The normalized spacial score (nSPS) is 26.9. The summed E-state index contributed by atoms with van der Waals surface area (Å²) in [6, 6.07) is 4.72. The van der Waals surface area contributed by atoms with Crippen molar-refractivity contribution >= 4 is 23.0 Å². The first-order chi connectivity index (χ1) is 12.7. The second kappa shape index (κ2) is 6.20. The fourth-order valence-corrected chi connectivity index (χ4v) is 4.94. The molecule has 5 heteroatoms. The van der Waals surface area contributed by atoms with Gasteiger partial charge in [0.2, 0.25) is 0 Å². The quantitative estimate of drug-likeness (QED) is 0.764. The van der Waals surface area contributed by atoms with E-state index in [0.29, 0.717) is 23.4 Å². The molecule has 3 aliphatic heterocycles. The Bertz CT molecular complexity index is 845. The molecule has 0 radical (unpaired) electrons. The number of carbonyl (C=O) groups excluding carboxylic acids is 2. The molecule has 3 heterocycles. The maximum atomic E-state index is 12.7. The molecule has 2 atom stereocenters. The van der Waals surface area contributed by atoms with Gasteiger partial charge in [-0.25, -0.2) is 0 Å². The van der Waals surface area contributed by atoms with Crippen LogP contribution in [-0.2, 0) is 4.79 Å². The molecule has 0 N–H and O–H groups in total. The fourth-order valence-electron chi connectivity index (χ4n) is 4.94. The summed E-state index contributed by atoms with van der Waals surface area (Å²) in [5.41, 5.74) is 2.82. The Labute approximate surface area is 161 Å². The van der Waals surface area contributed by atoms with E-state index in [-0.39, 0.29) is 0 Å². The molecular formula is C22H28N2O3. The molecule has 0 spiro atoms. The van der Waals surface area contributed by atoms with Gasteiger partial charge in [-0.1, -0.05) is 12.5 Å². The summed E-state index contributed by atoms with van der Waals surface area (Å²) in [4.78, 5) is 29.5. The van der Waals surface area contributed by atoms with Crippen molar-refractivity contribution in [3.8, 4) is 5.75 Å². The molecule has 0 bridgehead atoms. The Morgan fingerprint density at radius 1 is 1.11 bits per heavy atom. The first-order valence-corrected chi connectivity index (χ1v) is 9.83. The predicted molar refractivity (Wildman–Crippen MR) is 106 cm³/mol. The van der Waals surface area contributed by atoms with Gasteiger partial charge < -0.3 is 4.74 Å². The number of amides is 1. The number of methoxy groups -OCH3 is 1. The molecule has 0 saturated carbocycles. The highest BCUT2D eigenvalue weighted by atomic mass is 16.5. The van der Waals surface area contributed by atoms with Crippen molar-refractivity contribution in [2.75, 3.05) is 18.6 Å². The molecule has 1 saturated heterocycles. The largest absolute Gasteiger partial charge is 0.497 e. The van der Waals surface area contributed by atoms with Crippen molar-refractivity contribution in [3.05, 3.63) is 29.3 Å². The molecule has 0 unspecified atom stereocenters. The highest BCUT2D eigenvalue weighted by Gasteiger charge is 2.47. The van der Waals surface area contributed by atoms with Crippen LogP contribution in [0.5, 0.6) is 5.75 Å². The molecule has 4 rings (SSSR count). The fraction of sp³-hybridized carbons (Fsp3) is 0.545. The number of anilines is 1. The SMILES string of the molecule is COc1cc2c3c(c1)C(CN1[C@@H](C)CCC[C@@H]1C)=CC(C)(C)N3C(=O)C2=O. The summed E-state index contributed by atoms with van der Waals surface area (Å²) in [5.74, 6) is -0.260. The number of nitrogens with zero attached hydrogens (tertiary/aromatic N) is 2. The second-order valence-electron chi connectivity index (χ2n) is 8.67. The van der Waals surface area contributed by atoms with Gasteiger partial charge >= 0.3 is 0 Å². The van der Waals surface area contributed by atoms with E-state index in [1.807, 2.05) is 19.9 Å². The van der Waals surface area contributed by atoms with Crippen molar-refractivity contribution in [2.24, 2.45) is 0 Å². The number of likely N-dealkylation sites (tertiary alicyclic amines) is 1. The Balaban J connectivity index is 1.84. The van der Waals surface area contributed by atoms with Crippen LogP contribution in [0.25, 0.3) is 5.57 Å². The number of carbonyl (C=O) groups is 2. The molecule has 1 fully saturated rings. The summed E-state index contributed by atoms with van der Waals surface area (Å²) in [6.07, 6.45) is 5.85. The smallest absolute Gasteiger partial charge is 0.300 e. The van der Waals surface area contributed by atoms with Crippen LogP contribution < -0.4 is 9.64 Å². The van der Waals surface area contributed by atoms with E-state index in [0.717, 1.165) is 17.8 Å².